The quantitative estimate of drug-likeness (QED) is 0.0932. The van der Waals surface area contributed by atoms with Gasteiger partial charge in [0, 0.05) is 10.9 Å². The van der Waals surface area contributed by atoms with E-state index in [2.05, 4.69) is 10.6 Å². The summed E-state index contributed by atoms with van der Waals surface area (Å²) >= 11 is 0. The Morgan fingerprint density at radius 1 is 0.875 bits per heavy atom. The van der Waals surface area contributed by atoms with Gasteiger partial charge in [-0.25, -0.2) is 4.79 Å². The maximum atomic E-state index is 13.1. The number of amides is 2. The number of nitrogens with one attached hydrogen (secondary N) is 2. The number of nitrogens with two attached hydrogens (primary N) is 1. The van der Waals surface area contributed by atoms with Gasteiger partial charge >= 0.3 is 6.09 Å². The van der Waals surface area contributed by atoms with Gasteiger partial charge in [0.25, 0.3) is 0 Å². The van der Waals surface area contributed by atoms with Gasteiger partial charge in [0.2, 0.25) is 5.91 Å². The molecule has 0 heterocycles. The molecule has 40 heavy (non-hydrogen) atoms. The molecule has 4 aromatic carbocycles. The van der Waals surface area contributed by atoms with E-state index < -0.39 is 12.2 Å². The molecular weight excluding hydrogens is 506 g/mol. The first-order valence-electron chi connectivity index (χ1n) is 13.1. The van der Waals surface area contributed by atoms with E-state index in [0.29, 0.717) is 47.6 Å². The van der Waals surface area contributed by atoms with Gasteiger partial charge in [-0.3, -0.25) is 10.1 Å². The summed E-state index contributed by atoms with van der Waals surface area (Å²) in [6.45, 7) is -0.0153. The van der Waals surface area contributed by atoms with Gasteiger partial charge in [0.15, 0.2) is 0 Å². The molecule has 0 unspecified atom stereocenters. The van der Waals surface area contributed by atoms with Crippen molar-refractivity contribution in [3.63, 3.8) is 0 Å². The van der Waals surface area contributed by atoms with Gasteiger partial charge in [0.05, 0.1) is 23.7 Å². The number of allylic oxidation sites excluding steroid dienone is 1. The van der Waals surface area contributed by atoms with Crippen LogP contribution in [0.4, 0.5) is 21.9 Å². The number of para-hydroxylation sites is 3. The second-order valence-corrected chi connectivity index (χ2v) is 9.07. The number of aliphatic hydroxyl groups is 1. The fourth-order valence-electron chi connectivity index (χ4n) is 4.31. The van der Waals surface area contributed by atoms with Crippen molar-refractivity contribution in [3.8, 4) is 5.75 Å². The topological polar surface area (TPSA) is 123 Å². The molecule has 0 saturated heterocycles. The Morgan fingerprint density at radius 2 is 1.60 bits per heavy atom. The normalized spacial score (nSPS) is 11.7. The van der Waals surface area contributed by atoms with E-state index >= 15 is 0 Å². The van der Waals surface area contributed by atoms with Crippen LogP contribution in [-0.2, 0) is 9.53 Å². The highest BCUT2D eigenvalue weighted by Gasteiger charge is 2.21. The highest BCUT2D eigenvalue weighted by atomic mass is 16.6. The predicted molar refractivity (Wildman–Crippen MR) is 158 cm³/mol. The minimum absolute atomic E-state index is 0.121. The second kappa shape index (κ2) is 14.4. The zero-order valence-corrected chi connectivity index (χ0v) is 22.1. The number of aliphatic hydroxyl groups excluding tert-OH is 1. The van der Waals surface area contributed by atoms with Crippen LogP contribution in [0.5, 0.6) is 5.75 Å². The fraction of sp³-hybridized carbons (Fsp3) is 0.188. The molecule has 0 radical (unpaired) electrons. The molecule has 8 heteroatoms. The number of benzene rings is 4. The summed E-state index contributed by atoms with van der Waals surface area (Å²) in [5, 5.41) is 16.8. The SMILES string of the molecule is Nc1ccccc1NC(=O)/C=C/CCC[C@H](OC(=O)Nc1cccc2ccccc12)c1ccccc1OCCO. The van der Waals surface area contributed by atoms with Crippen LogP contribution in [0.2, 0.25) is 0 Å². The zero-order chi connectivity index (χ0) is 28.2. The third-order valence-corrected chi connectivity index (χ3v) is 6.22. The second-order valence-electron chi connectivity index (χ2n) is 9.07. The van der Waals surface area contributed by atoms with E-state index in [-0.39, 0.29) is 19.1 Å². The van der Waals surface area contributed by atoms with E-state index in [1.54, 1.807) is 36.4 Å². The average Bonchev–Trinajstić information content (AvgIpc) is 2.97. The van der Waals surface area contributed by atoms with Crippen LogP contribution in [0.15, 0.2) is 103 Å². The number of hydrogen-bond acceptors (Lipinski definition) is 6. The van der Waals surface area contributed by atoms with Gasteiger partial charge < -0.3 is 25.6 Å². The Labute approximate surface area is 233 Å². The Balaban J connectivity index is 1.42. The summed E-state index contributed by atoms with van der Waals surface area (Å²) in [6, 6.07) is 27.8. The first-order chi connectivity index (χ1) is 19.5. The van der Waals surface area contributed by atoms with Crippen LogP contribution < -0.4 is 21.1 Å². The van der Waals surface area contributed by atoms with Gasteiger partial charge in [0.1, 0.15) is 18.5 Å². The fourth-order valence-corrected chi connectivity index (χ4v) is 4.31. The molecule has 0 aliphatic carbocycles. The van der Waals surface area contributed by atoms with Crippen molar-refractivity contribution in [3.05, 3.63) is 109 Å². The molecule has 0 spiro atoms. The molecule has 0 aliphatic heterocycles. The summed E-state index contributed by atoms with van der Waals surface area (Å²) in [5.41, 5.74) is 8.29. The molecule has 0 bridgehead atoms. The van der Waals surface area contributed by atoms with Gasteiger partial charge in [-0.05, 0) is 55.0 Å². The van der Waals surface area contributed by atoms with E-state index in [1.807, 2.05) is 60.7 Å². The lowest BCUT2D eigenvalue weighted by molar-refractivity contribution is -0.111. The number of anilines is 3. The van der Waals surface area contributed by atoms with Crippen molar-refractivity contribution in [2.45, 2.75) is 25.4 Å². The van der Waals surface area contributed by atoms with Gasteiger partial charge in [-0.1, -0.05) is 72.8 Å². The first kappa shape index (κ1) is 28.2. The number of unbranched alkanes of at least 4 members (excludes halogenated alkanes) is 1. The standard InChI is InChI=1S/C32H33N3O5/c33-26-15-7-8-16-28(26)34-31(37)20-3-1-2-19-30(25-14-6-9-18-29(25)39-22-21-36)40-32(38)35-27-17-10-12-23-11-4-5-13-24(23)27/h3-18,20,30,36H,1-2,19,21-22,33H2,(H,34,37)(H,35,38)/b20-3+/t30-/m0/s1. The van der Waals surface area contributed by atoms with Crippen molar-refractivity contribution in [1.29, 1.82) is 0 Å². The summed E-state index contributed by atoms with van der Waals surface area (Å²) in [4.78, 5) is 25.3. The molecule has 4 rings (SSSR count). The first-order valence-corrected chi connectivity index (χ1v) is 13.1. The highest BCUT2D eigenvalue weighted by Crippen LogP contribution is 2.32. The lowest BCUT2D eigenvalue weighted by Crippen LogP contribution is -2.18. The third-order valence-electron chi connectivity index (χ3n) is 6.22. The van der Waals surface area contributed by atoms with Crippen molar-refractivity contribution in [1.82, 2.24) is 0 Å². The lowest BCUT2D eigenvalue weighted by atomic mass is 10.0. The molecule has 8 nitrogen and oxygen atoms in total. The van der Waals surface area contributed by atoms with E-state index in [9.17, 15) is 14.7 Å². The van der Waals surface area contributed by atoms with Crippen LogP contribution in [0.3, 0.4) is 0 Å². The predicted octanol–water partition coefficient (Wildman–Crippen LogP) is 6.45. The number of carbonyl (C=O) groups excluding carboxylic acids is 2. The molecule has 0 saturated carbocycles. The van der Waals surface area contributed by atoms with Crippen LogP contribution in [-0.4, -0.2) is 30.3 Å². The average molecular weight is 540 g/mol. The van der Waals surface area contributed by atoms with Crippen LogP contribution in [0, 0.1) is 0 Å². The molecule has 5 N–H and O–H groups in total. The van der Waals surface area contributed by atoms with Gasteiger partial charge in [-0.15, -0.1) is 0 Å². The summed E-state index contributed by atoms with van der Waals surface area (Å²) in [7, 11) is 0. The van der Waals surface area contributed by atoms with Crippen LogP contribution >= 0.6 is 0 Å². The Bertz CT molecular complexity index is 1460. The van der Waals surface area contributed by atoms with E-state index in [1.165, 1.54) is 6.08 Å². The van der Waals surface area contributed by atoms with Crippen molar-refractivity contribution in [2.24, 2.45) is 0 Å². The Morgan fingerprint density at radius 3 is 2.45 bits per heavy atom. The van der Waals surface area contributed by atoms with Crippen molar-refractivity contribution in [2.75, 3.05) is 29.6 Å². The smallest absolute Gasteiger partial charge is 0.412 e. The highest BCUT2D eigenvalue weighted by molar-refractivity contribution is 6.01. The number of rotatable bonds is 12. The number of hydrogen-bond donors (Lipinski definition) is 4. The molecular formula is C32H33N3O5. The summed E-state index contributed by atoms with van der Waals surface area (Å²) in [6.07, 6.45) is 3.74. The van der Waals surface area contributed by atoms with Crippen LogP contribution in [0.25, 0.3) is 10.8 Å². The molecule has 4 aromatic rings. The molecule has 206 valence electrons. The molecule has 1 atom stereocenters. The maximum absolute atomic E-state index is 13.1. The largest absolute Gasteiger partial charge is 0.491 e. The molecule has 0 aromatic heterocycles. The summed E-state index contributed by atoms with van der Waals surface area (Å²) in [5.74, 6) is 0.262. The van der Waals surface area contributed by atoms with Gasteiger partial charge in [-0.2, -0.15) is 0 Å². The molecule has 0 fully saturated rings. The molecule has 0 aliphatic rings. The number of ether oxygens (including phenoxy) is 2. The lowest BCUT2D eigenvalue weighted by Gasteiger charge is -2.21. The van der Waals surface area contributed by atoms with Crippen LogP contribution in [0.1, 0.15) is 30.9 Å². The summed E-state index contributed by atoms with van der Waals surface area (Å²) < 4.78 is 11.6. The van der Waals surface area contributed by atoms with E-state index in [0.717, 1.165) is 10.8 Å². The minimum atomic E-state index is -0.615. The number of nitrogen functional groups attached to an aromatic ring is 1. The third kappa shape index (κ3) is 7.85. The zero-order valence-electron chi connectivity index (χ0n) is 22.1. The number of fused-ring (bicyclic) bond motifs is 1. The minimum Gasteiger partial charge on any atom is -0.491 e. The Kier molecular flexibility index (Phi) is 10.1. The maximum Gasteiger partial charge on any atom is 0.412 e. The van der Waals surface area contributed by atoms with E-state index in [4.69, 9.17) is 15.2 Å². The molecule has 2 amide bonds. The number of carbonyl (C=O) groups is 2. The van der Waals surface area contributed by atoms with Crippen molar-refractivity contribution >= 4 is 39.8 Å². The van der Waals surface area contributed by atoms with Crippen molar-refractivity contribution < 1.29 is 24.2 Å². The Hall–Kier alpha value is -4.82. The monoisotopic (exact) mass is 539 g/mol.